The van der Waals surface area contributed by atoms with Crippen molar-refractivity contribution in [3.8, 4) is 22.9 Å². The number of methoxy groups -OCH3 is 2. The van der Waals surface area contributed by atoms with Gasteiger partial charge in [0.05, 0.1) is 20.4 Å². The Kier molecular flexibility index (Phi) is 4.90. The van der Waals surface area contributed by atoms with Crippen molar-refractivity contribution in [1.29, 1.82) is 0 Å². The van der Waals surface area contributed by atoms with Crippen LogP contribution in [0, 0.1) is 6.92 Å². The van der Waals surface area contributed by atoms with Crippen molar-refractivity contribution in [1.82, 2.24) is 15.0 Å². The van der Waals surface area contributed by atoms with Crippen molar-refractivity contribution in [2.75, 3.05) is 14.2 Å². The quantitative estimate of drug-likeness (QED) is 0.465. The molecule has 0 saturated heterocycles. The topological polar surface area (TPSA) is 88.6 Å². The van der Waals surface area contributed by atoms with Crippen LogP contribution in [0.2, 0.25) is 0 Å². The molecule has 0 fully saturated rings. The Morgan fingerprint density at radius 3 is 2.66 bits per heavy atom. The van der Waals surface area contributed by atoms with E-state index in [0.29, 0.717) is 28.5 Å². The number of benzene rings is 2. The Bertz CT molecular complexity index is 1230. The monoisotopic (exact) mass is 393 g/mol. The summed E-state index contributed by atoms with van der Waals surface area (Å²) in [5, 5.41) is 9.16. The highest BCUT2D eigenvalue weighted by Crippen LogP contribution is 2.27. The Morgan fingerprint density at radius 1 is 1.03 bits per heavy atom. The SMILES string of the molecule is COc1ccc(-n2cc(COc3ccc4c(C)cc(=O)oc4c3)nn2)c(OC)c1. The zero-order chi connectivity index (χ0) is 20.4. The average molecular weight is 393 g/mol. The fourth-order valence-corrected chi connectivity index (χ4v) is 3.01. The number of fused-ring (bicyclic) bond motifs is 1. The number of aryl methyl sites for hydroxylation is 1. The fraction of sp³-hybridized carbons (Fsp3) is 0.190. The Labute approximate surface area is 166 Å². The van der Waals surface area contributed by atoms with Crippen molar-refractivity contribution >= 4 is 11.0 Å². The normalized spacial score (nSPS) is 10.9. The van der Waals surface area contributed by atoms with Crippen LogP contribution < -0.4 is 19.8 Å². The van der Waals surface area contributed by atoms with Crippen LogP contribution in [0.15, 0.2) is 57.9 Å². The molecule has 0 aliphatic carbocycles. The van der Waals surface area contributed by atoms with E-state index in [9.17, 15) is 4.79 Å². The molecular formula is C21H19N3O5. The van der Waals surface area contributed by atoms with Crippen LogP contribution in [0.25, 0.3) is 16.7 Å². The Morgan fingerprint density at radius 2 is 1.86 bits per heavy atom. The standard InChI is InChI=1S/C21H19N3O5/c1-13-8-21(25)29-19-10-16(4-6-17(13)19)28-12-14-11-24(23-22-14)18-7-5-15(26-2)9-20(18)27-3/h4-11H,12H2,1-3H3. The van der Waals surface area contributed by atoms with Gasteiger partial charge in [0.15, 0.2) is 0 Å². The summed E-state index contributed by atoms with van der Waals surface area (Å²) in [6, 6.07) is 12.3. The highest BCUT2D eigenvalue weighted by molar-refractivity contribution is 5.81. The molecule has 4 aromatic rings. The predicted octanol–water partition coefficient (Wildman–Crippen LogP) is 3.28. The summed E-state index contributed by atoms with van der Waals surface area (Å²) in [4.78, 5) is 11.6. The van der Waals surface area contributed by atoms with Gasteiger partial charge in [0.1, 0.15) is 40.8 Å². The molecule has 8 heteroatoms. The lowest BCUT2D eigenvalue weighted by Gasteiger charge is -2.09. The van der Waals surface area contributed by atoms with Gasteiger partial charge in [0, 0.05) is 23.6 Å². The lowest BCUT2D eigenvalue weighted by Crippen LogP contribution is -2.00. The largest absolute Gasteiger partial charge is 0.497 e. The lowest BCUT2D eigenvalue weighted by atomic mass is 10.1. The second-order valence-corrected chi connectivity index (χ2v) is 6.39. The van der Waals surface area contributed by atoms with Crippen LogP contribution in [0.5, 0.6) is 17.2 Å². The predicted molar refractivity (Wildman–Crippen MR) is 106 cm³/mol. The molecule has 0 aliphatic heterocycles. The summed E-state index contributed by atoms with van der Waals surface area (Å²) in [6.45, 7) is 2.07. The second kappa shape index (κ2) is 7.67. The van der Waals surface area contributed by atoms with E-state index in [1.54, 1.807) is 37.2 Å². The van der Waals surface area contributed by atoms with Crippen molar-refractivity contribution in [3.05, 3.63) is 70.3 Å². The molecule has 0 amide bonds. The first-order chi connectivity index (χ1) is 14.1. The molecule has 0 unspecified atom stereocenters. The van der Waals surface area contributed by atoms with Gasteiger partial charge in [-0.1, -0.05) is 5.21 Å². The number of ether oxygens (including phenoxy) is 3. The molecule has 0 saturated carbocycles. The first-order valence-electron chi connectivity index (χ1n) is 8.88. The Balaban J connectivity index is 1.53. The van der Waals surface area contributed by atoms with E-state index in [1.165, 1.54) is 6.07 Å². The lowest BCUT2D eigenvalue weighted by molar-refractivity contribution is 0.301. The van der Waals surface area contributed by atoms with Crippen LogP contribution in [-0.4, -0.2) is 29.2 Å². The van der Waals surface area contributed by atoms with Gasteiger partial charge in [0.2, 0.25) is 0 Å². The van der Waals surface area contributed by atoms with E-state index in [2.05, 4.69) is 10.3 Å². The van der Waals surface area contributed by atoms with E-state index < -0.39 is 0 Å². The van der Waals surface area contributed by atoms with Gasteiger partial charge in [-0.2, -0.15) is 0 Å². The van der Waals surface area contributed by atoms with Crippen LogP contribution in [0.1, 0.15) is 11.3 Å². The van der Waals surface area contributed by atoms with Crippen molar-refractivity contribution in [2.24, 2.45) is 0 Å². The molecule has 0 atom stereocenters. The zero-order valence-electron chi connectivity index (χ0n) is 16.2. The summed E-state index contributed by atoms with van der Waals surface area (Å²) < 4.78 is 23.3. The minimum Gasteiger partial charge on any atom is -0.497 e. The third-order valence-corrected chi connectivity index (χ3v) is 4.48. The summed E-state index contributed by atoms with van der Waals surface area (Å²) in [5.41, 5.74) is 2.32. The van der Waals surface area contributed by atoms with Crippen molar-refractivity contribution in [3.63, 3.8) is 0 Å². The van der Waals surface area contributed by atoms with E-state index >= 15 is 0 Å². The third-order valence-electron chi connectivity index (χ3n) is 4.48. The van der Waals surface area contributed by atoms with E-state index in [0.717, 1.165) is 16.6 Å². The van der Waals surface area contributed by atoms with Crippen molar-refractivity contribution < 1.29 is 18.6 Å². The van der Waals surface area contributed by atoms with Gasteiger partial charge in [0.25, 0.3) is 0 Å². The number of nitrogens with zero attached hydrogens (tertiary/aromatic N) is 3. The first kappa shape index (κ1) is 18.5. The van der Waals surface area contributed by atoms with Gasteiger partial charge in [-0.15, -0.1) is 5.10 Å². The van der Waals surface area contributed by atoms with Gasteiger partial charge >= 0.3 is 5.63 Å². The van der Waals surface area contributed by atoms with Crippen LogP contribution >= 0.6 is 0 Å². The molecule has 0 radical (unpaired) electrons. The molecule has 29 heavy (non-hydrogen) atoms. The Hall–Kier alpha value is -3.81. The average Bonchev–Trinajstić information content (AvgIpc) is 3.20. The molecular weight excluding hydrogens is 374 g/mol. The van der Waals surface area contributed by atoms with E-state index in [-0.39, 0.29) is 12.2 Å². The zero-order valence-corrected chi connectivity index (χ0v) is 16.2. The number of hydrogen-bond donors (Lipinski definition) is 0. The fourth-order valence-electron chi connectivity index (χ4n) is 3.01. The maximum Gasteiger partial charge on any atom is 0.336 e. The number of aromatic nitrogens is 3. The molecule has 0 spiro atoms. The van der Waals surface area contributed by atoms with Crippen LogP contribution in [-0.2, 0) is 6.61 Å². The molecule has 0 bridgehead atoms. The molecule has 2 aromatic carbocycles. The first-order valence-corrected chi connectivity index (χ1v) is 8.88. The van der Waals surface area contributed by atoms with Gasteiger partial charge in [-0.3, -0.25) is 0 Å². The van der Waals surface area contributed by atoms with Crippen LogP contribution in [0.3, 0.4) is 0 Å². The van der Waals surface area contributed by atoms with Gasteiger partial charge in [-0.05, 0) is 36.8 Å². The minimum atomic E-state index is -0.386. The minimum absolute atomic E-state index is 0.208. The van der Waals surface area contributed by atoms with Gasteiger partial charge < -0.3 is 18.6 Å². The summed E-state index contributed by atoms with van der Waals surface area (Å²) >= 11 is 0. The maximum atomic E-state index is 11.6. The summed E-state index contributed by atoms with van der Waals surface area (Å²) in [6.07, 6.45) is 1.76. The molecule has 4 rings (SSSR count). The smallest absolute Gasteiger partial charge is 0.336 e. The number of hydrogen-bond acceptors (Lipinski definition) is 7. The summed E-state index contributed by atoms with van der Waals surface area (Å²) in [7, 11) is 3.18. The molecule has 0 aliphatic rings. The molecule has 148 valence electrons. The van der Waals surface area contributed by atoms with E-state index in [1.807, 2.05) is 31.2 Å². The van der Waals surface area contributed by atoms with Crippen LogP contribution in [0.4, 0.5) is 0 Å². The van der Waals surface area contributed by atoms with E-state index in [4.69, 9.17) is 18.6 Å². The highest BCUT2D eigenvalue weighted by atomic mass is 16.5. The van der Waals surface area contributed by atoms with Gasteiger partial charge in [-0.25, -0.2) is 9.48 Å². The molecule has 8 nitrogen and oxygen atoms in total. The molecule has 2 heterocycles. The molecule has 2 aromatic heterocycles. The highest BCUT2D eigenvalue weighted by Gasteiger charge is 2.11. The maximum absolute atomic E-state index is 11.6. The molecule has 0 N–H and O–H groups in total. The third kappa shape index (κ3) is 3.77. The summed E-state index contributed by atoms with van der Waals surface area (Å²) in [5.74, 6) is 1.87. The van der Waals surface area contributed by atoms with Crippen molar-refractivity contribution in [2.45, 2.75) is 13.5 Å². The number of rotatable bonds is 6. The second-order valence-electron chi connectivity index (χ2n) is 6.39.